The van der Waals surface area contributed by atoms with Gasteiger partial charge in [0.2, 0.25) is 21.8 Å². The van der Waals surface area contributed by atoms with E-state index in [1.807, 2.05) is 50.2 Å². The molecular formula is C24H33N3O4S. The lowest BCUT2D eigenvalue weighted by molar-refractivity contribution is -0.139. The predicted octanol–water partition coefficient (Wildman–Crippen LogP) is 3.09. The lowest BCUT2D eigenvalue weighted by Gasteiger charge is -2.32. The highest BCUT2D eigenvalue weighted by Gasteiger charge is 2.30. The molecule has 174 valence electrons. The third-order valence-electron chi connectivity index (χ3n) is 5.43. The summed E-state index contributed by atoms with van der Waals surface area (Å²) >= 11 is 0. The van der Waals surface area contributed by atoms with Gasteiger partial charge in [-0.25, -0.2) is 8.42 Å². The summed E-state index contributed by atoms with van der Waals surface area (Å²) in [5.41, 5.74) is 2.04. The number of aryl methyl sites for hydroxylation is 1. The standard InChI is InChI=1S/C24H33N3O4S/c1-6-19(3)25-24(29)20(4)26(16-21-13-8-7-9-14-21)23(28)17-27(32(5,30)31)22-15-11-10-12-18(22)2/h7-15,19-20H,6,16-17H2,1-5H3,(H,25,29)/t19-,20+/m1/s1. The van der Waals surface area contributed by atoms with Crippen molar-refractivity contribution in [3.63, 3.8) is 0 Å². The predicted molar refractivity (Wildman–Crippen MR) is 128 cm³/mol. The van der Waals surface area contributed by atoms with Gasteiger partial charge in [0.1, 0.15) is 12.6 Å². The minimum Gasteiger partial charge on any atom is -0.352 e. The highest BCUT2D eigenvalue weighted by Crippen LogP contribution is 2.22. The third-order valence-corrected chi connectivity index (χ3v) is 6.55. The number of nitrogens with zero attached hydrogens (tertiary/aromatic N) is 2. The van der Waals surface area contributed by atoms with Gasteiger partial charge in [-0.1, -0.05) is 55.5 Å². The lowest BCUT2D eigenvalue weighted by Crippen LogP contribution is -2.52. The molecule has 0 radical (unpaired) electrons. The van der Waals surface area contributed by atoms with Crippen molar-refractivity contribution < 1.29 is 18.0 Å². The number of anilines is 1. The first-order valence-corrected chi connectivity index (χ1v) is 12.6. The molecule has 8 heteroatoms. The van der Waals surface area contributed by atoms with Crippen molar-refractivity contribution in [3.8, 4) is 0 Å². The second kappa shape index (κ2) is 11.1. The van der Waals surface area contributed by atoms with Gasteiger partial charge in [-0.05, 0) is 44.4 Å². The fraction of sp³-hybridized carbons (Fsp3) is 0.417. The first kappa shape index (κ1) is 25.4. The van der Waals surface area contributed by atoms with Crippen LogP contribution in [0.15, 0.2) is 54.6 Å². The van der Waals surface area contributed by atoms with Crippen LogP contribution in [0.2, 0.25) is 0 Å². The number of nitrogens with one attached hydrogen (secondary N) is 1. The molecule has 0 aliphatic heterocycles. The van der Waals surface area contributed by atoms with E-state index in [0.29, 0.717) is 5.69 Å². The molecule has 0 heterocycles. The molecule has 0 bridgehead atoms. The number of benzene rings is 2. The van der Waals surface area contributed by atoms with E-state index < -0.39 is 28.5 Å². The second-order valence-electron chi connectivity index (χ2n) is 8.06. The van der Waals surface area contributed by atoms with Gasteiger partial charge in [-0.3, -0.25) is 13.9 Å². The Morgan fingerprint density at radius 2 is 1.59 bits per heavy atom. The molecule has 2 amide bonds. The van der Waals surface area contributed by atoms with Gasteiger partial charge in [0.05, 0.1) is 11.9 Å². The Kier molecular flexibility index (Phi) is 8.83. The molecule has 7 nitrogen and oxygen atoms in total. The molecule has 0 fully saturated rings. The van der Waals surface area contributed by atoms with Gasteiger partial charge < -0.3 is 10.2 Å². The maximum atomic E-state index is 13.4. The summed E-state index contributed by atoms with van der Waals surface area (Å²) in [5, 5.41) is 2.91. The van der Waals surface area contributed by atoms with Crippen LogP contribution >= 0.6 is 0 Å². The molecule has 2 aromatic carbocycles. The van der Waals surface area contributed by atoms with Crippen molar-refractivity contribution in [2.75, 3.05) is 17.1 Å². The van der Waals surface area contributed by atoms with Crippen molar-refractivity contribution in [1.82, 2.24) is 10.2 Å². The number of hydrogen-bond donors (Lipinski definition) is 1. The van der Waals surface area contributed by atoms with Crippen molar-refractivity contribution in [2.45, 2.75) is 52.7 Å². The molecule has 2 rings (SSSR count). The summed E-state index contributed by atoms with van der Waals surface area (Å²) in [4.78, 5) is 27.7. The average Bonchev–Trinajstić information content (AvgIpc) is 2.75. The number of para-hydroxylation sites is 1. The summed E-state index contributed by atoms with van der Waals surface area (Å²) in [6.07, 6.45) is 1.84. The van der Waals surface area contributed by atoms with E-state index in [-0.39, 0.29) is 18.5 Å². The maximum absolute atomic E-state index is 13.4. The van der Waals surface area contributed by atoms with Gasteiger partial charge in [0.25, 0.3) is 0 Å². The molecule has 0 aliphatic carbocycles. The van der Waals surface area contributed by atoms with E-state index >= 15 is 0 Å². The van der Waals surface area contributed by atoms with E-state index in [1.165, 1.54) is 4.90 Å². The molecule has 2 atom stereocenters. The van der Waals surface area contributed by atoms with Crippen LogP contribution in [0.4, 0.5) is 5.69 Å². The van der Waals surface area contributed by atoms with Crippen LogP contribution in [0.25, 0.3) is 0 Å². The van der Waals surface area contributed by atoms with Gasteiger partial charge in [0.15, 0.2) is 0 Å². The van der Waals surface area contributed by atoms with Crippen LogP contribution in [0, 0.1) is 6.92 Å². The Hall–Kier alpha value is -2.87. The van der Waals surface area contributed by atoms with Crippen LogP contribution < -0.4 is 9.62 Å². The molecule has 0 saturated heterocycles. The zero-order chi connectivity index (χ0) is 23.9. The van der Waals surface area contributed by atoms with Crippen LogP contribution in [-0.4, -0.2) is 50.0 Å². The van der Waals surface area contributed by atoms with Gasteiger partial charge in [-0.2, -0.15) is 0 Å². The Morgan fingerprint density at radius 1 is 1.00 bits per heavy atom. The van der Waals surface area contributed by atoms with Crippen LogP contribution in [-0.2, 0) is 26.2 Å². The number of sulfonamides is 1. The normalized spacial score (nSPS) is 13.2. The SMILES string of the molecule is CC[C@@H](C)NC(=O)[C@H](C)N(Cc1ccccc1)C(=O)CN(c1ccccc1C)S(C)(=O)=O. The number of rotatable bonds is 10. The Labute approximate surface area is 191 Å². The number of amides is 2. The molecule has 0 aliphatic rings. The topological polar surface area (TPSA) is 86.8 Å². The van der Waals surface area contributed by atoms with Gasteiger partial charge >= 0.3 is 0 Å². The lowest BCUT2D eigenvalue weighted by atomic mass is 10.1. The fourth-order valence-electron chi connectivity index (χ4n) is 3.27. The molecule has 0 unspecified atom stereocenters. The Balaban J connectivity index is 2.37. The molecule has 0 aromatic heterocycles. The van der Waals surface area contributed by atoms with Crippen molar-refractivity contribution >= 4 is 27.5 Å². The zero-order valence-electron chi connectivity index (χ0n) is 19.4. The van der Waals surface area contributed by atoms with Crippen LogP contribution in [0.1, 0.15) is 38.3 Å². The van der Waals surface area contributed by atoms with E-state index in [9.17, 15) is 18.0 Å². The molecule has 0 saturated carbocycles. The molecule has 0 spiro atoms. The summed E-state index contributed by atoms with van der Waals surface area (Å²) < 4.78 is 26.2. The first-order chi connectivity index (χ1) is 15.0. The van der Waals surface area contributed by atoms with Gasteiger partial charge in [-0.15, -0.1) is 0 Å². The first-order valence-electron chi connectivity index (χ1n) is 10.7. The second-order valence-corrected chi connectivity index (χ2v) is 9.96. The summed E-state index contributed by atoms with van der Waals surface area (Å²) in [7, 11) is -3.73. The van der Waals surface area contributed by atoms with Crippen molar-refractivity contribution in [2.24, 2.45) is 0 Å². The van der Waals surface area contributed by atoms with E-state index in [2.05, 4.69) is 5.32 Å². The van der Waals surface area contributed by atoms with Crippen molar-refractivity contribution in [3.05, 3.63) is 65.7 Å². The zero-order valence-corrected chi connectivity index (χ0v) is 20.2. The highest BCUT2D eigenvalue weighted by molar-refractivity contribution is 7.92. The highest BCUT2D eigenvalue weighted by atomic mass is 32.2. The summed E-state index contributed by atoms with van der Waals surface area (Å²) in [6.45, 7) is 7.13. The molecule has 2 aromatic rings. The van der Waals surface area contributed by atoms with E-state index in [4.69, 9.17) is 0 Å². The van der Waals surface area contributed by atoms with Crippen LogP contribution in [0.3, 0.4) is 0 Å². The molecule has 32 heavy (non-hydrogen) atoms. The average molecular weight is 460 g/mol. The summed E-state index contributed by atoms with van der Waals surface area (Å²) in [5.74, 6) is -0.722. The number of carbonyl (C=O) groups is 2. The fourth-order valence-corrected chi connectivity index (χ4v) is 4.17. The molecule has 1 N–H and O–H groups in total. The largest absolute Gasteiger partial charge is 0.352 e. The monoisotopic (exact) mass is 459 g/mol. The van der Waals surface area contributed by atoms with E-state index in [0.717, 1.165) is 28.1 Å². The maximum Gasteiger partial charge on any atom is 0.244 e. The summed E-state index contributed by atoms with van der Waals surface area (Å²) in [6, 6.07) is 15.5. The van der Waals surface area contributed by atoms with Crippen molar-refractivity contribution in [1.29, 1.82) is 0 Å². The molecular weight excluding hydrogens is 426 g/mol. The minimum atomic E-state index is -3.73. The third kappa shape index (κ3) is 6.82. The number of carbonyl (C=O) groups excluding carboxylic acids is 2. The number of hydrogen-bond acceptors (Lipinski definition) is 4. The van der Waals surface area contributed by atoms with Gasteiger partial charge in [0, 0.05) is 12.6 Å². The quantitative estimate of drug-likeness (QED) is 0.592. The Bertz CT molecular complexity index is 1020. The Morgan fingerprint density at radius 3 is 2.16 bits per heavy atom. The minimum absolute atomic E-state index is 0.0295. The van der Waals surface area contributed by atoms with Crippen LogP contribution in [0.5, 0.6) is 0 Å². The van der Waals surface area contributed by atoms with E-state index in [1.54, 1.807) is 32.0 Å². The smallest absolute Gasteiger partial charge is 0.244 e.